The lowest BCUT2D eigenvalue weighted by Crippen LogP contribution is -2.28. The molecule has 0 radical (unpaired) electrons. The van der Waals surface area contributed by atoms with Gasteiger partial charge in [-0.2, -0.15) is 21.6 Å². The van der Waals surface area contributed by atoms with Crippen molar-refractivity contribution in [2.75, 3.05) is 13.2 Å². The van der Waals surface area contributed by atoms with E-state index in [1.54, 1.807) is 18.2 Å². The average molecular weight is 427 g/mol. The maximum Gasteiger partial charge on any atom is 0.534 e. The Hall–Kier alpha value is -1.36. The summed E-state index contributed by atoms with van der Waals surface area (Å²) < 4.78 is 76.2. The zero-order valence-corrected chi connectivity index (χ0v) is 14.2. The van der Waals surface area contributed by atoms with Crippen LogP contribution in [0.2, 0.25) is 0 Å². The number of hydrogen-bond donors (Lipinski definition) is 0. The second-order valence-electron chi connectivity index (χ2n) is 4.90. The van der Waals surface area contributed by atoms with Crippen LogP contribution < -0.4 is 4.18 Å². The molecular weight excluding hydrogens is 417 g/mol. The molecule has 2 aromatic carbocycles. The number of alkyl halides is 3. The molecular formula is C14H10BrF3O5S. The van der Waals surface area contributed by atoms with E-state index >= 15 is 0 Å². The summed E-state index contributed by atoms with van der Waals surface area (Å²) in [5, 5.41) is 1.13. The van der Waals surface area contributed by atoms with Gasteiger partial charge in [0.25, 0.3) is 0 Å². The zero-order valence-electron chi connectivity index (χ0n) is 11.8. The van der Waals surface area contributed by atoms with Crippen LogP contribution in [0, 0.1) is 0 Å². The van der Waals surface area contributed by atoms with Crippen molar-refractivity contribution in [1.29, 1.82) is 0 Å². The van der Waals surface area contributed by atoms with Gasteiger partial charge in [0.1, 0.15) is 0 Å². The van der Waals surface area contributed by atoms with Gasteiger partial charge in [0, 0.05) is 4.47 Å². The van der Waals surface area contributed by atoms with Gasteiger partial charge < -0.3 is 13.7 Å². The normalized spacial score (nSPS) is 16.7. The highest BCUT2D eigenvalue weighted by molar-refractivity contribution is 9.10. The van der Waals surface area contributed by atoms with E-state index in [-0.39, 0.29) is 18.8 Å². The highest BCUT2D eigenvalue weighted by Gasteiger charge is 2.49. The van der Waals surface area contributed by atoms with E-state index in [2.05, 4.69) is 20.1 Å². The van der Waals surface area contributed by atoms with Crippen LogP contribution in [0.1, 0.15) is 11.9 Å². The molecule has 0 atom stereocenters. The minimum Gasteiger partial charge on any atom is -0.376 e. The van der Waals surface area contributed by atoms with Crippen LogP contribution in [-0.2, 0) is 19.6 Å². The molecule has 3 rings (SSSR count). The fourth-order valence-electron chi connectivity index (χ4n) is 2.30. The van der Waals surface area contributed by atoms with Crippen LogP contribution in [-0.4, -0.2) is 27.1 Å². The molecule has 10 heteroatoms. The summed E-state index contributed by atoms with van der Waals surface area (Å²) in [6.07, 6.45) is -1.01. The third-order valence-electron chi connectivity index (χ3n) is 3.33. The molecule has 1 fully saturated rings. The van der Waals surface area contributed by atoms with Gasteiger partial charge in [-0.25, -0.2) is 0 Å². The Kier molecular flexibility index (Phi) is 4.49. The average Bonchev–Trinajstić information content (AvgIpc) is 2.99. The molecule has 1 saturated heterocycles. The first-order chi connectivity index (χ1) is 11.2. The molecule has 0 N–H and O–H groups in total. The third-order valence-corrected chi connectivity index (χ3v) is 4.78. The van der Waals surface area contributed by atoms with Gasteiger partial charge in [-0.1, -0.05) is 28.1 Å². The highest BCUT2D eigenvalue weighted by Crippen LogP contribution is 2.40. The second-order valence-corrected chi connectivity index (χ2v) is 7.35. The lowest BCUT2D eigenvalue weighted by atomic mass is 10.0. The second kappa shape index (κ2) is 6.17. The van der Waals surface area contributed by atoms with Crippen LogP contribution >= 0.6 is 15.9 Å². The molecule has 1 heterocycles. The number of halogens is 4. The SMILES string of the molecule is O=S(=O)(Oc1ccc2ccc(Br)cc2c1C1OCCO1)C(F)(F)F. The summed E-state index contributed by atoms with van der Waals surface area (Å²) in [6, 6.07) is 7.71. The third kappa shape index (κ3) is 3.23. The van der Waals surface area contributed by atoms with Gasteiger partial charge in [-0.3, -0.25) is 0 Å². The van der Waals surface area contributed by atoms with E-state index in [1.165, 1.54) is 6.07 Å². The minimum absolute atomic E-state index is 0.0964. The highest BCUT2D eigenvalue weighted by atomic mass is 79.9. The molecule has 0 saturated carbocycles. The van der Waals surface area contributed by atoms with Crippen LogP contribution in [0.15, 0.2) is 34.8 Å². The largest absolute Gasteiger partial charge is 0.534 e. The first kappa shape index (κ1) is 17.5. The summed E-state index contributed by atoms with van der Waals surface area (Å²) in [7, 11) is -5.80. The molecule has 0 spiro atoms. The van der Waals surface area contributed by atoms with Crippen molar-refractivity contribution in [3.63, 3.8) is 0 Å². The Morgan fingerprint density at radius 2 is 1.75 bits per heavy atom. The topological polar surface area (TPSA) is 61.8 Å². The van der Waals surface area contributed by atoms with Crippen molar-refractivity contribution in [3.8, 4) is 5.75 Å². The molecule has 24 heavy (non-hydrogen) atoms. The zero-order chi connectivity index (χ0) is 17.5. The van der Waals surface area contributed by atoms with Crippen molar-refractivity contribution in [2.24, 2.45) is 0 Å². The Morgan fingerprint density at radius 1 is 1.12 bits per heavy atom. The van der Waals surface area contributed by atoms with Gasteiger partial charge in [-0.05, 0) is 29.0 Å². The number of hydrogen-bond acceptors (Lipinski definition) is 5. The predicted molar refractivity (Wildman–Crippen MR) is 81.9 cm³/mol. The first-order valence-electron chi connectivity index (χ1n) is 6.65. The van der Waals surface area contributed by atoms with E-state index < -0.39 is 27.7 Å². The number of ether oxygens (including phenoxy) is 2. The lowest BCUT2D eigenvalue weighted by Gasteiger charge is -2.18. The summed E-state index contributed by atoms with van der Waals surface area (Å²) in [5.74, 6) is -0.482. The first-order valence-corrected chi connectivity index (χ1v) is 8.85. The summed E-state index contributed by atoms with van der Waals surface area (Å²) >= 11 is 3.27. The maximum absolute atomic E-state index is 12.6. The Labute approximate surface area is 143 Å². The van der Waals surface area contributed by atoms with Crippen molar-refractivity contribution in [3.05, 3.63) is 40.4 Å². The Bertz CT molecular complexity index is 876. The summed E-state index contributed by atoms with van der Waals surface area (Å²) in [6.45, 7) is 0.473. The quantitative estimate of drug-likeness (QED) is 0.550. The predicted octanol–water partition coefficient (Wildman–Crippen LogP) is 3.88. The molecule has 5 nitrogen and oxygen atoms in total. The Morgan fingerprint density at radius 3 is 2.38 bits per heavy atom. The minimum atomic E-state index is -5.80. The summed E-state index contributed by atoms with van der Waals surface area (Å²) in [4.78, 5) is 0. The number of rotatable bonds is 3. The monoisotopic (exact) mass is 426 g/mol. The molecule has 0 unspecified atom stereocenters. The molecule has 0 aromatic heterocycles. The van der Waals surface area contributed by atoms with Crippen LogP contribution in [0.5, 0.6) is 5.75 Å². The lowest BCUT2D eigenvalue weighted by molar-refractivity contribution is -0.0521. The molecule has 1 aliphatic heterocycles. The van der Waals surface area contributed by atoms with E-state index in [4.69, 9.17) is 9.47 Å². The van der Waals surface area contributed by atoms with E-state index in [0.29, 0.717) is 15.2 Å². The molecule has 130 valence electrons. The smallest absolute Gasteiger partial charge is 0.376 e. The fraction of sp³-hybridized carbons (Fsp3) is 0.286. The van der Waals surface area contributed by atoms with Gasteiger partial charge in [-0.15, -0.1) is 0 Å². The Balaban J connectivity index is 2.18. The van der Waals surface area contributed by atoms with E-state index in [9.17, 15) is 21.6 Å². The molecule has 0 amide bonds. The molecule has 2 aromatic rings. The van der Waals surface area contributed by atoms with Gasteiger partial charge in [0.05, 0.1) is 18.8 Å². The molecule has 1 aliphatic rings. The number of fused-ring (bicyclic) bond motifs is 1. The fourth-order valence-corrected chi connectivity index (χ4v) is 3.14. The van der Waals surface area contributed by atoms with E-state index in [1.807, 2.05) is 0 Å². The van der Waals surface area contributed by atoms with Crippen LogP contribution in [0.3, 0.4) is 0 Å². The van der Waals surface area contributed by atoms with E-state index in [0.717, 1.165) is 6.07 Å². The van der Waals surface area contributed by atoms with Gasteiger partial charge in [0.15, 0.2) is 12.0 Å². The van der Waals surface area contributed by atoms with Crippen molar-refractivity contribution < 1.29 is 35.2 Å². The van der Waals surface area contributed by atoms with Crippen molar-refractivity contribution in [1.82, 2.24) is 0 Å². The van der Waals surface area contributed by atoms with Gasteiger partial charge in [0.2, 0.25) is 0 Å². The molecule has 0 bridgehead atoms. The van der Waals surface area contributed by atoms with Crippen molar-refractivity contribution >= 4 is 36.8 Å². The summed E-state index contributed by atoms with van der Waals surface area (Å²) in [5.41, 5.74) is -5.44. The van der Waals surface area contributed by atoms with Crippen LogP contribution in [0.25, 0.3) is 10.8 Å². The molecule has 0 aliphatic carbocycles. The van der Waals surface area contributed by atoms with Gasteiger partial charge >= 0.3 is 15.6 Å². The standard InChI is InChI=1S/C14H10BrF3O5S/c15-9-3-1-8-2-4-11(23-24(19,20)14(16,17)18)12(10(8)7-9)13-21-5-6-22-13/h1-4,7,13H,5-6H2. The van der Waals surface area contributed by atoms with Crippen LogP contribution in [0.4, 0.5) is 13.2 Å². The number of benzene rings is 2. The van der Waals surface area contributed by atoms with Crippen molar-refractivity contribution in [2.45, 2.75) is 11.8 Å². The maximum atomic E-state index is 12.6.